The molecule has 2 heteroatoms. The van der Waals surface area contributed by atoms with E-state index in [2.05, 4.69) is 156 Å². The van der Waals surface area contributed by atoms with Crippen molar-refractivity contribution in [3.8, 4) is 11.5 Å². The minimum absolute atomic E-state index is 0.436. The second kappa shape index (κ2) is 15.2. The van der Waals surface area contributed by atoms with Crippen LogP contribution in [-0.4, -0.2) is 12.2 Å². The Hall–Kier alpha value is -2.74. The summed E-state index contributed by atoms with van der Waals surface area (Å²) >= 11 is 0. The lowest BCUT2D eigenvalue weighted by Crippen LogP contribution is -2.40. The normalized spacial score (nSPS) is 25.4. The van der Waals surface area contributed by atoms with Crippen LogP contribution < -0.4 is 9.47 Å². The predicted octanol–water partition coefficient (Wildman–Crippen LogP) is 12.9. The number of benzene rings is 3. The number of aryl methyl sites for hydroxylation is 3. The van der Waals surface area contributed by atoms with Crippen molar-refractivity contribution in [2.75, 3.05) is 0 Å². The summed E-state index contributed by atoms with van der Waals surface area (Å²) in [6.07, 6.45) is 8.46. The molecule has 258 valence electrons. The van der Waals surface area contributed by atoms with E-state index in [1.54, 1.807) is 5.56 Å². The Morgan fingerprint density at radius 1 is 0.447 bits per heavy atom. The molecule has 0 aliphatic heterocycles. The van der Waals surface area contributed by atoms with E-state index in [0.717, 1.165) is 35.2 Å². The van der Waals surface area contributed by atoms with Gasteiger partial charge in [0, 0.05) is 0 Å². The van der Waals surface area contributed by atoms with Gasteiger partial charge in [-0.1, -0.05) is 122 Å². The zero-order chi connectivity index (χ0) is 34.6. The minimum atomic E-state index is 0.436. The van der Waals surface area contributed by atoms with Crippen molar-refractivity contribution in [2.45, 2.75) is 140 Å². The zero-order valence-corrected chi connectivity index (χ0v) is 32.0. The fourth-order valence-corrected chi connectivity index (χ4v) is 6.95. The second-order valence-electron chi connectivity index (χ2n) is 18.3. The van der Waals surface area contributed by atoms with Crippen molar-refractivity contribution >= 4 is 0 Å². The molecule has 3 aliphatic carbocycles. The molecule has 3 aromatic carbocycles. The van der Waals surface area contributed by atoms with Crippen molar-refractivity contribution in [2.24, 2.45) is 34.0 Å². The Bertz CT molecular complexity index is 1380. The lowest BCUT2D eigenvalue weighted by Gasteiger charge is -2.44. The average molecular weight is 639 g/mol. The molecule has 3 saturated carbocycles. The van der Waals surface area contributed by atoms with Gasteiger partial charge in [0.25, 0.3) is 0 Å². The van der Waals surface area contributed by atoms with Gasteiger partial charge in [-0.2, -0.15) is 0 Å². The first-order chi connectivity index (χ1) is 21.9. The van der Waals surface area contributed by atoms with Crippen LogP contribution in [0, 0.1) is 54.8 Å². The van der Waals surface area contributed by atoms with Gasteiger partial charge in [-0.15, -0.1) is 0 Å². The molecule has 0 atom stereocenters. The van der Waals surface area contributed by atoms with Crippen molar-refractivity contribution in [3.63, 3.8) is 0 Å². The highest BCUT2D eigenvalue weighted by Gasteiger charge is 2.40. The summed E-state index contributed by atoms with van der Waals surface area (Å²) in [5, 5.41) is 0. The van der Waals surface area contributed by atoms with E-state index in [0.29, 0.717) is 28.5 Å². The third-order valence-corrected chi connectivity index (χ3v) is 11.1. The molecular weight excluding hydrogens is 572 g/mol. The van der Waals surface area contributed by atoms with Gasteiger partial charge in [0.05, 0.1) is 12.2 Å². The molecule has 0 aromatic heterocycles. The standard InChI is InChI=1S/2C15H22O.C15H22/c1-11-5-7-13(8-6-11)16-14-9-12(10-14)15(2,3)4;1-11-6-5-7-13(8-11)16-14-9-12(10-14)15(2,3)4;1-11-6-5-7-12(8-11)13-9-14(10-13)15(2,3)4/h2*5-8,12,14H,9-10H2,1-4H3;5-8,13-14H,9-10H2,1-4H3. The number of rotatable bonds is 5. The van der Waals surface area contributed by atoms with Crippen LogP contribution in [0.4, 0.5) is 0 Å². The molecular formula is C45H66O2. The highest BCUT2D eigenvalue weighted by atomic mass is 16.5. The Morgan fingerprint density at radius 2 is 0.872 bits per heavy atom. The van der Waals surface area contributed by atoms with Gasteiger partial charge in [-0.05, 0) is 135 Å². The van der Waals surface area contributed by atoms with Crippen molar-refractivity contribution < 1.29 is 9.47 Å². The highest BCUT2D eigenvalue weighted by molar-refractivity contribution is 5.29. The zero-order valence-electron chi connectivity index (χ0n) is 32.0. The number of ether oxygens (including phenoxy) is 2. The number of hydrogen-bond donors (Lipinski definition) is 0. The maximum atomic E-state index is 5.96. The summed E-state index contributed by atoms with van der Waals surface area (Å²) in [6, 6.07) is 25.7. The van der Waals surface area contributed by atoms with Gasteiger partial charge in [-0.3, -0.25) is 0 Å². The Kier molecular flexibility index (Phi) is 12.0. The van der Waals surface area contributed by atoms with E-state index in [4.69, 9.17) is 9.47 Å². The first kappa shape index (κ1) is 37.1. The van der Waals surface area contributed by atoms with Crippen LogP contribution in [0.3, 0.4) is 0 Å². The van der Waals surface area contributed by atoms with Crippen LogP contribution in [-0.2, 0) is 0 Å². The van der Waals surface area contributed by atoms with Crippen molar-refractivity contribution in [3.05, 3.63) is 95.1 Å². The third-order valence-electron chi connectivity index (χ3n) is 11.1. The third kappa shape index (κ3) is 11.2. The molecule has 0 unspecified atom stereocenters. The second-order valence-corrected chi connectivity index (χ2v) is 18.3. The fraction of sp³-hybridized carbons (Fsp3) is 0.600. The molecule has 0 amide bonds. The Labute approximate surface area is 289 Å². The van der Waals surface area contributed by atoms with Crippen LogP contribution in [0.5, 0.6) is 11.5 Å². The monoisotopic (exact) mass is 639 g/mol. The molecule has 0 N–H and O–H groups in total. The SMILES string of the molecule is Cc1ccc(OC2CC(C(C)(C)C)C2)cc1.Cc1cccc(C2CC(C(C)(C)C)C2)c1.Cc1cccc(OC2CC(C(C)(C)C)C2)c1. The maximum absolute atomic E-state index is 5.96. The number of hydrogen-bond acceptors (Lipinski definition) is 2. The van der Waals surface area contributed by atoms with E-state index >= 15 is 0 Å². The summed E-state index contributed by atoms with van der Waals surface area (Å²) in [5.74, 6) is 5.43. The van der Waals surface area contributed by atoms with E-state index in [1.807, 2.05) is 0 Å². The van der Waals surface area contributed by atoms with Crippen molar-refractivity contribution in [1.82, 2.24) is 0 Å². The van der Waals surface area contributed by atoms with E-state index in [-0.39, 0.29) is 0 Å². The van der Waals surface area contributed by atoms with Crippen molar-refractivity contribution in [1.29, 1.82) is 0 Å². The van der Waals surface area contributed by atoms with E-state index in [1.165, 1.54) is 55.2 Å². The van der Waals surface area contributed by atoms with Crippen LogP contribution in [0.15, 0.2) is 72.8 Å². The van der Waals surface area contributed by atoms with Gasteiger partial charge < -0.3 is 9.47 Å². The quantitative estimate of drug-likeness (QED) is 0.277. The first-order valence-electron chi connectivity index (χ1n) is 18.4. The fourth-order valence-electron chi connectivity index (χ4n) is 6.95. The first-order valence-corrected chi connectivity index (χ1v) is 18.4. The summed E-state index contributed by atoms with van der Waals surface area (Å²) in [6.45, 7) is 27.4. The van der Waals surface area contributed by atoms with Crippen LogP contribution in [0.25, 0.3) is 0 Å². The largest absolute Gasteiger partial charge is 0.490 e. The van der Waals surface area contributed by atoms with Crippen LogP contribution in [0.2, 0.25) is 0 Å². The molecule has 3 aliphatic rings. The predicted molar refractivity (Wildman–Crippen MR) is 202 cm³/mol. The highest BCUT2D eigenvalue weighted by Crippen LogP contribution is 2.50. The molecule has 3 aromatic rings. The van der Waals surface area contributed by atoms with Crippen LogP contribution in [0.1, 0.15) is 129 Å². The molecule has 0 saturated heterocycles. The lowest BCUT2D eigenvalue weighted by molar-refractivity contribution is 0.00728. The van der Waals surface area contributed by atoms with Gasteiger partial charge >= 0.3 is 0 Å². The lowest BCUT2D eigenvalue weighted by atomic mass is 9.61. The van der Waals surface area contributed by atoms with Gasteiger partial charge in [-0.25, -0.2) is 0 Å². The molecule has 0 radical (unpaired) electrons. The maximum Gasteiger partial charge on any atom is 0.119 e. The Morgan fingerprint density at radius 3 is 1.32 bits per heavy atom. The van der Waals surface area contributed by atoms with Gasteiger partial charge in [0.1, 0.15) is 11.5 Å². The molecule has 6 rings (SSSR count). The smallest absolute Gasteiger partial charge is 0.119 e. The van der Waals surface area contributed by atoms with Gasteiger partial charge in [0.15, 0.2) is 0 Å². The summed E-state index contributed by atoms with van der Waals surface area (Å²) < 4.78 is 11.9. The average Bonchev–Trinajstić information content (AvgIpc) is 2.87. The summed E-state index contributed by atoms with van der Waals surface area (Å²) in [7, 11) is 0. The van der Waals surface area contributed by atoms with E-state index < -0.39 is 0 Å². The molecule has 3 fully saturated rings. The molecule has 2 nitrogen and oxygen atoms in total. The van der Waals surface area contributed by atoms with Crippen LogP contribution >= 0.6 is 0 Å². The summed E-state index contributed by atoms with van der Waals surface area (Å²) in [4.78, 5) is 0. The topological polar surface area (TPSA) is 18.5 Å². The molecule has 0 bridgehead atoms. The summed E-state index contributed by atoms with van der Waals surface area (Å²) in [5.41, 5.74) is 6.87. The molecule has 0 heterocycles. The molecule has 0 spiro atoms. The van der Waals surface area contributed by atoms with E-state index in [9.17, 15) is 0 Å². The minimum Gasteiger partial charge on any atom is -0.490 e. The molecule has 47 heavy (non-hydrogen) atoms. The Balaban J connectivity index is 0.000000160. The van der Waals surface area contributed by atoms with Gasteiger partial charge in [0.2, 0.25) is 0 Å².